The van der Waals surface area contributed by atoms with Gasteiger partial charge < -0.3 is 10.1 Å². The van der Waals surface area contributed by atoms with Crippen LogP contribution in [0, 0.1) is 12.7 Å². The van der Waals surface area contributed by atoms with Crippen molar-refractivity contribution in [2.75, 3.05) is 11.9 Å². The lowest BCUT2D eigenvalue weighted by Crippen LogP contribution is -2.06. The molecule has 0 atom stereocenters. The van der Waals surface area contributed by atoms with Gasteiger partial charge in [-0.15, -0.1) is 11.3 Å². The van der Waals surface area contributed by atoms with Crippen LogP contribution in [0.25, 0.3) is 0 Å². The second-order valence-electron chi connectivity index (χ2n) is 3.89. The fourth-order valence-corrected chi connectivity index (χ4v) is 2.53. The van der Waals surface area contributed by atoms with Gasteiger partial charge in [-0.2, -0.15) is 0 Å². The molecule has 4 nitrogen and oxygen atoms in total. The van der Waals surface area contributed by atoms with Gasteiger partial charge in [0.1, 0.15) is 5.82 Å². The van der Waals surface area contributed by atoms with E-state index in [-0.39, 0.29) is 18.0 Å². The zero-order valence-electron chi connectivity index (χ0n) is 10.9. The Morgan fingerprint density at radius 3 is 3.00 bits per heavy atom. The number of aromatic nitrogens is 1. The highest BCUT2D eigenvalue weighted by Crippen LogP contribution is 2.28. The van der Waals surface area contributed by atoms with Crippen molar-refractivity contribution in [1.29, 1.82) is 0 Å². The van der Waals surface area contributed by atoms with Crippen molar-refractivity contribution in [3.05, 3.63) is 39.6 Å². The predicted octanol–water partition coefficient (Wildman–Crippen LogP) is 4.16. The van der Waals surface area contributed by atoms with Gasteiger partial charge in [0.2, 0.25) is 0 Å². The Balaban J connectivity index is 2.24. The maximum atomic E-state index is 13.6. The van der Waals surface area contributed by atoms with Crippen molar-refractivity contribution in [3.8, 4) is 0 Å². The van der Waals surface area contributed by atoms with Crippen LogP contribution in [0.5, 0.6) is 0 Å². The molecule has 106 valence electrons. The minimum Gasteiger partial charge on any atom is -0.461 e. The minimum atomic E-state index is -0.485. The molecular formula is C13H12ClFN2O2S. The summed E-state index contributed by atoms with van der Waals surface area (Å²) >= 11 is 7.06. The molecule has 7 heteroatoms. The molecule has 0 bridgehead atoms. The van der Waals surface area contributed by atoms with Crippen LogP contribution in [0.2, 0.25) is 5.02 Å². The van der Waals surface area contributed by atoms with E-state index in [1.54, 1.807) is 13.8 Å². The summed E-state index contributed by atoms with van der Waals surface area (Å²) in [7, 11) is 0. The highest BCUT2D eigenvalue weighted by atomic mass is 35.5. The number of carbonyl (C=O) groups is 1. The van der Waals surface area contributed by atoms with Crippen molar-refractivity contribution in [2.24, 2.45) is 0 Å². The first-order valence-electron chi connectivity index (χ1n) is 5.88. The van der Waals surface area contributed by atoms with Crippen LogP contribution in [0.4, 0.5) is 15.2 Å². The van der Waals surface area contributed by atoms with Crippen molar-refractivity contribution >= 4 is 39.7 Å². The number of nitrogens with one attached hydrogen (secondary N) is 1. The lowest BCUT2D eigenvalue weighted by atomic mass is 10.3. The van der Waals surface area contributed by atoms with E-state index in [0.29, 0.717) is 15.0 Å². The maximum Gasteiger partial charge on any atom is 0.358 e. The Kier molecular flexibility index (Phi) is 4.57. The van der Waals surface area contributed by atoms with Gasteiger partial charge in [-0.05, 0) is 32.0 Å². The molecule has 0 spiro atoms. The molecule has 0 saturated carbocycles. The molecule has 0 aliphatic rings. The molecule has 2 aromatic rings. The number of hydrogen-bond acceptors (Lipinski definition) is 5. The molecule has 20 heavy (non-hydrogen) atoms. The number of nitrogens with zero attached hydrogens (tertiary/aromatic N) is 1. The second-order valence-corrected chi connectivity index (χ2v) is 5.53. The van der Waals surface area contributed by atoms with Gasteiger partial charge >= 0.3 is 5.97 Å². The molecule has 0 radical (unpaired) electrons. The van der Waals surface area contributed by atoms with Crippen LogP contribution in [0.1, 0.15) is 22.3 Å². The molecule has 1 aromatic heterocycles. The summed E-state index contributed by atoms with van der Waals surface area (Å²) in [6.45, 7) is 3.75. The van der Waals surface area contributed by atoms with Crippen molar-refractivity contribution in [2.45, 2.75) is 13.8 Å². The molecule has 1 N–H and O–H groups in total. The smallest absolute Gasteiger partial charge is 0.358 e. The van der Waals surface area contributed by atoms with E-state index in [1.807, 2.05) is 0 Å². The third kappa shape index (κ3) is 3.26. The van der Waals surface area contributed by atoms with Crippen LogP contribution < -0.4 is 5.32 Å². The summed E-state index contributed by atoms with van der Waals surface area (Å²) in [4.78, 5) is 16.5. The summed E-state index contributed by atoms with van der Waals surface area (Å²) in [5.41, 5.74) is 0.448. The Morgan fingerprint density at radius 1 is 1.55 bits per heavy atom. The summed E-state index contributed by atoms with van der Waals surface area (Å²) < 4.78 is 18.5. The number of thiazole rings is 1. The van der Waals surface area contributed by atoms with E-state index < -0.39 is 11.8 Å². The van der Waals surface area contributed by atoms with E-state index >= 15 is 0 Å². The summed E-state index contributed by atoms with van der Waals surface area (Å²) in [6.07, 6.45) is 0. The van der Waals surface area contributed by atoms with E-state index in [4.69, 9.17) is 16.3 Å². The summed E-state index contributed by atoms with van der Waals surface area (Å²) in [6, 6.07) is 4.17. The van der Waals surface area contributed by atoms with Crippen LogP contribution in [-0.2, 0) is 4.74 Å². The van der Waals surface area contributed by atoms with E-state index in [9.17, 15) is 9.18 Å². The standard InChI is InChI=1S/C13H12ClFN2O2S/c1-3-19-12(18)11-7(2)20-13(17-11)16-10-6-8(14)4-5-9(10)15/h4-6H,3H2,1-2H3,(H,16,17). The molecule has 0 fully saturated rings. The fourth-order valence-electron chi connectivity index (χ4n) is 1.55. The van der Waals surface area contributed by atoms with Crippen LogP contribution in [-0.4, -0.2) is 17.6 Å². The highest BCUT2D eigenvalue weighted by Gasteiger charge is 2.17. The van der Waals surface area contributed by atoms with Crippen molar-refractivity contribution in [3.63, 3.8) is 0 Å². The van der Waals surface area contributed by atoms with E-state index in [2.05, 4.69) is 10.3 Å². The molecule has 0 aliphatic heterocycles. The Bertz CT molecular complexity index is 645. The molecule has 0 amide bonds. The zero-order valence-corrected chi connectivity index (χ0v) is 12.4. The first-order valence-corrected chi connectivity index (χ1v) is 7.07. The summed E-state index contributed by atoms with van der Waals surface area (Å²) in [5, 5.41) is 3.63. The predicted molar refractivity (Wildman–Crippen MR) is 77.5 cm³/mol. The van der Waals surface area contributed by atoms with Gasteiger partial charge in [0.25, 0.3) is 0 Å². The Hall–Kier alpha value is -1.66. The first kappa shape index (κ1) is 14.7. The van der Waals surface area contributed by atoms with Crippen LogP contribution >= 0.6 is 22.9 Å². The SMILES string of the molecule is CCOC(=O)c1nc(Nc2cc(Cl)ccc2F)sc1C. The molecule has 1 heterocycles. The normalized spacial score (nSPS) is 10.4. The molecule has 2 rings (SSSR count). The second kappa shape index (κ2) is 6.19. The first-order chi connectivity index (χ1) is 9.51. The quantitative estimate of drug-likeness (QED) is 0.861. The average Bonchev–Trinajstić information content (AvgIpc) is 2.75. The number of hydrogen-bond donors (Lipinski definition) is 1. The minimum absolute atomic E-state index is 0.210. The number of aryl methyl sites for hydroxylation is 1. The number of halogens is 2. The molecule has 0 unspecified atom stereocenters. The Labute approximate surface area is 124 Å². The third-order valence-electron chi connectivity index (χ3n) is 2.44. The van der Waals surface area contributed by atoms with Gasteiger partial charge in [-0.3, -0.25) is 0 Å². The molecule has 0 saturated heterocycles. The molecule has 0 aliphatic carbocycles. The van der Waals surface area contributed by atoms with Gasteiger partial charge in [0.05, 0.1) is 12.3 Å². The van der Waals surface area contributed by atoms with Crippen LogP contribution in [0.3, 0.4) is 0 Å². The third-order valence-corrected chi connectivity index (χ3v) is 3.56. The lowest BCUT2D eigenvalue weighted by molar-refractivity contribution is 0.0519. The van der Waals surface area contributed by atoms with Gasteiger partial charge in [-0.25, -0.2) is 14.2 Å². The highest BCUT2D eigenvalue weighted by molar-refractivity contribution is 7.15. The number of carbonyl (C=O) groups excluding carboxylic acids is 1. The van der Waals surface area contributed by atoms with E-state index in [0.717, 1.165) is 0 Å². The largest absolute Gasteiger partial charge is 0.461 e. The lowest BCUT2D eigenvalue weighted by Gasteiger charge is -2.04. The average molecular weight is 315 g/mol. The number of rotatable bonds is 4. The van der Waals surface area contributed by atoms with Crippen molar-refractivity contribution in [1.82, 2.24) is 4.98 Å². The number of benzene rings is 1. The molecule has 1 aromatic carbocycles. The zero-order chi connectivity index (χ0) is 14.7. The number of anilines is 2. The van der Waals surface area contributed by atoms with Gasteiger partial charge in [0.15, 0.2) is 10.8 Å². The Morgan fingerprint density at radius 2 is 2.30 bits per heavy atom. The van der Waals surface area contributed by atoms with Crippen LogP contribution in [0.15, 0.2) is 18.2 Å². The monoisotopic (exact) mass is 314 g/mol. The number of esters is 1. The topological polar surface area (TPSA) is 51.2 Å². The van der Waals surface area contributed by atoms with Gasteiger partial charge in [-0.1, -0.05) is 11.6 Å². The fraction of sp³-hybridized carbons (Fsp3) is 0.231. The number of ether oxygens (including phenoxy) is 1. The maximum absolute atomic E-state index is 13.6. The molecular weight excluding hydrogens is 303 g/mol. The summed E-state index contributed by atoms with van der Waals surface area (Å²) in [5.74, 6) is -0.930. The van der Waals surface area contributed by atoms with E-state index in [1.165, 1.54) is 29.5 Å². The van der Waals surface area contributed by atoms with Gasteiger partial charge in [0, 0.05) is 9.90 Å². The van der Waals surface area contributed by atoms with Crippen molar-refractivity contribution < 1.29 is 13.9 Å².